The lowest BCUT2D eigenvalue weighted by Gasteiger charge is -2.38. The van der Waals surface area contributed by atoms with E-state index in [4.69, 9.17) is 32.3 Å². The van der Waals surface area contributed by atoms with E-state index >= 15 is 0 Å². The van der Waals surface area contributed by atoms with Crippen LogP contribution in [-0.2, 0) is 19.1 Å². The van der Waals surface area contributed by atoms with Crippen LogP contribution in [0.1, 0.15) is 103 Å². The second-order valence-electron chi connectivity index (χ2n) is 18.4. The summed E-state index contributed by atoms with van der Waals surface area (Å²) >= 11 is 0. The monoisotopic (exact) mass is 898 g/mol. The number of imidazole rings is 2. The molecule has 16 nitrogen and oxygen atoms in total. The van der Waals surface area contributed by atoms with Gasteiger partial charge in [0.2, 0.25) is 11.8 Å². The number of nitrogens with one attached hydrogen (secondary N) is 4. The van der Waals surface area contributed by atoms with E-state index in [1.54, 1.807) is 22.2 Å². The van der Waals surface area contributed by atoms with Crippen LogP contribution in [0.4, 0.5) is 9.59 Å². The van der Waals surface area contributed by atoms with Crippen molar-refractivity contribution < 1.29 is 38.9 Å². The molecule has 0 aliphatic carbocycles. The van der Waals surface area contributed by atoms with Gasteiger partial charge in [-0.25, -0.2) is 19.6 Å². The minimum absolute atomic E-state index is 0.113. The predicted octanol–water partition coefficient (Wildman–Crippen LogP) is 7.14. The number of likely N-dealkylation sites (tertiary alicyclic amines) is 2. The minimum atomic E-state index is -1.26. The van der Waals surface area contributed by atoms with E-state index in [0.29, 0.717) is 63.0 Å². The van der Waals surface area contributed by atoms with Gasteiger partial charge in [-0.15, -0.1) is 12.8 Å². The third-order valence-electron chi connectivity index (χ3n) is 13.7. The summed E-state index contributed by atoms with van der Waals surface area (Å²) in [7, 11) is 0. The summed E-state index contributed by atoms with van der Waals surface area (Å²) in [6.07, 6.45) is 16.9. The Bertz CT molecular complexity index is 2300. The average Bonchev–Trinajstić information content (AvgIpc) is 4.12. The predicted molar refractivity (Wildman–Crippen MR) is 245 cm³/mol. The summed E-state index contributed by atoms with van der Waals surface area (Å²) in [5, 5.41) is 24.5. The Morgan fingerprint density at radius 3 is 1.26 bits per heavy atom. The first kappa shape index (κ1) is 45.9. The molecule has 0 radical (unpaired) electrons. The molecule has 346 valence electrons. The fourth-order valence-corrected chi connectivity index (χ4v) is 10.9. The number of amides is 4. The van der Waals surface area contributed by atoms with Crippen molar-refractivity contribution in [3.63, 3.8) is 0 Å². The largest absolute Gasteiger partial charge is 0.465 e. The van der Waals surface area contributed by atoms with Gasteiger partial charge >= 0.3 is 12.2 Å². The number of aromatic nitrogens is 4. The highest BCUT2D eigenvalue weighted by atomic mass is 16.5. The fraction of sp³-hybridized carbons (Fsp3) is 0.480. The second kappa shape index (κ2) is 19.5. The maximum absolute atomic E-state index is 14.3. The van der Waals surface area contributed by atoms with Crippen LogP contribution in [0.3, 0.4) is 0 Å². The summed E-state index contributed by atoms with van der Waals surface area (Å²) in [5.74, 6) is 5.49. The highest BCUT2D eigenvalue weighted by Gasteiger charge is 2.47. The molecule has 4 aliphatic heterocycles. The number of H-pyrrole nitrogens is 2. The number of nitrogens with zero attached hydrogens (tertiary/aromatic N) is 4. The molecule has 4 aromatic rings. The number of carbonyl (C=O) groups is 4. The van der Waals surface area contributed by atoms with Gasteiger partial charge in [-0.1, -0.05) is 60.4 Å². The number of carboxylic acid groups (broad SMARTS) is 2. The molecule has 4 fully saturated rings. The molecule has 4 aliphatic rings. The van der Waals surface area contributed by atoms with Gasteiger partial charge in [0.15, 0.2) is 0 Å². The fourth-order valence-electron chi connectivity index (χ4n) is 10.9. The van der Waals surface area contributed by atoms with Gasteiger partial charge in [-0.3, -0.25) is 9.59 Å². The van der Waals surface area contributed by atoms with Crippen molar-refractivity contribution >= 4 is 24.0 Å². The molecular formula is C50H58N8O8. The van der Waals surface area contributed by atoms with E-state index in [1.165, 1.54) is 0 Å². The summed E-state index contributed by atoms with van der Waals surface area (Å²) in [5.41, 5.74) is 5.31. The van der Waals surface area contributed by atoms with Gasteiger partial charge in [0.1, 0.15) is 23.7 Å². The number of benzene rings is 2. The third kappa shape index (κ3) is 9.66. The number of ether oxygens (including phenoxy) is 2. The molecule has 66 heavy (non-hydrogen) atoms. The van der Waals surface area contributed by atoms with E-state index in [-0.39, 0.29) is 48.1 Å². The number of terminal acetylenes is 2. The maximum Gasteiger partial charge on any atom is 0.405 e. The van der Waals surface area contributed by atoms with Crippen molar-refractivity contribution in [3.05, 3.63) is 72.6 Å². The standard InChI is InChI=1S/C50H58N8O8/c1-7-37-17-19-41(57(37)47(59)43(55-49(61)62)35-21-27(3)65-28(4)22-35)45-51-25-39(53-45)33-13-9-31(10-14-33)32-11-15-34(16-12-32)40-26-52-46(54-40)42-20-18-38(8-2)58(42)48(60)44(56-50(63)64)36-23-29(5)66-30(6)24-36/h1-2,9-16,25-30,35-38,41-44,55-56H,17-24H2,3-6H3,(H,51,53)(H,52,54)(H,61,62)(H,63,64)/t27-,28-,29-,30-,37?,38?,41?,42?,43+,44+/m1/s1. The minimum Gasteiger partial charge on any atom is -0.465 e. The number of carbonyl (C=O) groups excluding carboxylic acids is 2. The molecule has 2 aromatic heterocycles. The van der Waals surface area contributed by atoms with Gasteiger partial charge in [0.25, 0.3) is 0 Å². The maximum atomic E-state index is 14.3. The first-order valence-corrected chi connectivity index (χ1v) is 22.9. The van der Waals surface area contributed by atoms with Crippen LogP contribution >= 0.6 is 0 Å². The Kier molecular flexibility index (Phi) is 13.5. The molecule has 10 atom stereocenters. The summed E-state index contributed by atoms with van der Waals surface area (Å²) in [6, 6.07) is 12.3. The highest BCUT2D eigenvalue weighted by Crippen LogP contribution is 2.40. The van der Waals surface area contributed by atoms with Crippen molar-refractivity contribution in [3.8, 4) is 58.3 Å². The SMILES string of the molecule is C#CC1CCC(c2ncc(-c3ccc(-c4ccc(-c5cnc(C6CCC(C#C)N6C(=O)[C@@H](NC(=O)O)C6C[C@@H](C)O[C@H](C)C6)[nH]5)cc4)cc3)[nH]2)N1C(=O)[C@@H](NC(=O)O)C1C[C@@H](C)O[C@H](C)C1. The smallest absolute Gasteiger partial charge is 0.405 e. The Labute approximate surface area is 384 Å². The van der Waals surface area contributed by atoms with Crippen LogP contribution < -0.4 is 10.6 Å². The Morgan fingerprint density at radius 2 is 0.939 bits per heavy atom. The molecular weight excluding hydrogens is 841 g/mol. The first-order valence-electron chi connectivity index (χ1n) is 22.9. The molecule has 6 N–H and O–H groups in total. The Morgan fingerprint density at radius 1 is 0.606 bits per heavy atom. The van der Waals surface area contributed by atoms with Crippen LogP contribution in [0.5, 0.6) is 0 Å². The topological polar surface area (TPSA) is 215 Å². The van der Waals surface area contributed by atoms with Crippen molar-refractivity contribution in [2.24, 2.45) is 11.8 Å². The van der Waals surface area contributed by atoms with Crippen molar-refractivity contribution in [2.45, 2.75) is 140 Å². The summed E-state index contributed by atoms with van der Waals surface area (Å²) in [6.45, 7) is 7.74. The number of aromatic amines is 2. The molecule has 4 unspecified atom stereocenters. The van der Waals surface area contributed by atoms with E-state index < -0.39 is 48.4 Å². The molecule has 4 amide bonds. The summed E-state index contributed by atoms with van der Waals surface area (Å²) < 4.78 is 11.8. The molecule has 0 saturated carbocycles. The highest BCUT2D eigenvalue weighted by molar-refractivity contribution is 5.88. The molecule has 16 heteroatoms. The Balaban J connectivity index is 0.950. The zero-order valence-corrected chi connectivity index (χ0v) is 37.6. The second-order valence-corrected chi connectivity index (χ2v) is 18.4. The van der Waals surface area contributed by atoms with Gasteiger partial charge in [-0.05, 0) is 113 Å². The lowest BCUT2D eigenvalue weighted by molar-refractivity contribution is -0.140. The van der Waals surface area contributed by atoms with Crippen LogP contribution in [0.15, 0.2) is 60.9 Å². The third-order valence-corrected chi connectivity index (χ3v) is 13.7. The van der Waals surface area contributed by atoms with Gasteiger partial charge < -0.3 is 50.1 Å². The van der Waals surface area contributed by atoms with Crippen LogP contribution in [0, 0.1) is 36.5 Å². The van der Waals surface area contributed by atoms with Gasteiger partial charge in [-0.2, -0.15) is 0 Å². The number of hydrogen-bond donors (Lipinski definition) is 6. The van der Waals surface area contributed by atoms with Crippen LogP contribution in [-0.4, -0.2) is 113 Å². The quantitative estimate of drug-likeness (QED) is 0.0837. The van der Waals surface area contributed by atoms with E-state index in [2.05, 4.69) is 32.4 Å². The zero-order valence-electron chi connectivity index (χ0n) is 37.6. The lowest BCUT2D eigenvalue weighted by Crippen LogP contribution is -2.55. The normalized spacial score (nSPS) is 28.5. The van der Waals surface area contributed by atoms with Crippen molar-refractivity contribution in [1.82, 2.24) is 40.4 Å². The molecule has 0 spiro atoms. The molecule has 2 aromatic carbocycles. The van der Waals surface area contributed by atoms with E-state index in [9.17, 15) is 29.4 Å². The molecule has 4 saturated heterocycles. The van der Waals surface area contributed by atoms with Gasteiger partial charge in [0, 0.05) is 0 Å². The summed E-state index contributed by atoms with van der Waals surface area (Å²) in [4.78, 5) is 72.0. The number of rotatable bonds is 11. The van der Waals surface area contributed by atoms with Gasteiger partial charge in [0.05, 0.1) is 72.4 Å². The molecule has 0 bridgehead atoms. The zero-order chi connectivity index (χ0) is 46.8. The first-order chi connectivity index (χ1) is 31.7. The lowest BCUT2D eigenvalue weighted by atomic mass is 9.85. The van der Waals surface area contributed by atoms with Crippen molar-refractivity contribution in [1.29, 1.82) is 0 Å². The van der Waals surface area contributed by atoms with E-state index in [0.717, 1.165) is 33.6 Å². The molecule has 6 heterocycles. The van der Waals surface area contributed by atoms with E-state index in [1.807, 2.05) is 76.2 Å². The average molecular weight is 899 g/mol. The Hall–Kier alpha value is -6.62. The number of hydrogen-bond acceptors (Lipinski definition) is 8. The van der Waals surface area contributed by atoms with Crippen LogP contribution in [0.25, 0.3) is 33.6 Å². The van der Waals surface area contributed by atoms with Crippen LogP contribution in [0.2, 0.25) is 0 Å². The molecule has 8 rings (SSSR count). The van der Waals surface area contributed by atoms with Crippen molar-refractivity contribution in [2.75, 3.05) is 0 Å².